The molecule has 0 N–H and O–H groups in total. The van der Waals surface area contributed by atoms with Crippen LogP contribution < -0.4 is 0 Å². The molecule has 2 aromatic rings. The summed E-state index contributed by atoms with van der Waals surface area (Å²) in [6, 6.07) is 8.96. The van der Waals surface area contributed by atoms with Gasteiger partial charge in [-0.05, 0) is 30.2 Å². The molecule has 0 aliphatic heterocycles. The van der Waals surface area contributed by atoms with E-state index in [0.717, 1.165) is 0 Å². The summed E-state index contributed by atoms with van der Waals surface area (Å²) >= 11 is 0. The standard InChI is InChI=1S/C17H12F6O2/c1-10-13(16(18,19)20)7-12(8-14(10)17(21,22)23)15(24)25-9-11-5-3-2-4-6-11/h2-8H,9H2,1H3. The number of carbonyl (C=O) groups is 1. The van der Waals surface area contributed by atoms with Crippen LogP contribution in [0.1, 0.15) is 32.6 Å². The van der Waals surface area contributed by atoms with Gasteiger partial charge in [0.25, 0.3) is 0 Å². The van der Waals surface area contributed by atoms with E-state index in [9.17, 15) is 31.1 Å². The monoisotopic (exact) mass is 362 g/mol. The van der Waals surface area contributed by atoms with E-state index in [1.807, 2.05) is 0 Å². The summed E-state index contributed by atoms with van der Waals surface area (Å²) in [6.07, 6.45) is -10.1. The zero-order valence-corrected chi connectivity index (χ0v) is 12.8. The molecule has 25 heavy (non-hydrogen) atoms. The summed E-state index contributed by atoms with van der Waals surface area (Å²) in [5.74, 6) is -1.26. The van der Waals surface area contributed by atoms with Crippen LogP contribution in [0.3, 0.4) is 0 Å². The van der Waals surface area contributed by atoms with Crippen molar-refractivity contribution < 1.29 is 35.9 Å². The van der Waals surface area contributed by atoms with Crippen molar-refractivity contribution in [1.29, 1.82) is 0 Å². The Kier molecular flexibility index (Phi) is 5.10. The number of rotatable bonds is 3. The van der Waals surface area contributed by atoms with Gasteiger partial charge in [-0.15, -0.1) is 0 Å². The fourth-order valence-electron chi connectivity index (χ4n) is 2.23. The molecule has 2 nitrogen and oxygen atoms in total. The van der Waals surface area contributed by atoms with E-state index < -0.39 is 40.6 Å². The summed E-state index contributed by atoms with van der Waals surface area (Å²) in [4.78, 5) is 11.9. The van der Waals surface area contributed by atoms with Gasteiger partial charge in [0.15, 0.2) is 0 Å². The number of esters is 1. The zero-order chi connectivity index (χ0) is 18.8. The summed E-state index contributed by atoms with van der Waals surface area (Å²) in [6.45, 7) is 0.445. The van der Waals surface area contributed by atoms with E-state index in [1.54, 1.807) is 30.3 Å². The van der Waals surface area contributed by atoms with Gasteiger partial charge in [-0.1, -0.05) is 30.3 Å². The number of hydrogen-bond donors (Lipinski definition) is 0. The van der Waals surface area contributed by atoms with Crippen molar-refractivity contribution in [3.63, 3.8) is 0 Å². The van der Waals surface area contributed by atoms with Crippen LogP contribution in [-0.2, 0) is 23.7 Å². The Labute approximate surface area is 139 Å². The van der Waals surface area contributed by atoms with Crippen molar-refractivity contribution in [3.05, 3.63) is 70.3 Å². The summed E-state index contributed by atoms with van der Waals surface area (Å²) in [7, 11) is 0. The minimum Gasteiger partial charge on any atom is -0.457 e. The molecular formula is C17H12F6O2. The first-order valence-corrected chi connectivity index (χ1v) is 7.00. The van der Waals surface area contributed by atoms with E-state index in [4.69, 9.17) is 4.74 Å². The lowest BCUT2D eigenvalue weighted by atomic mass is 9.97. The smallest absolute Gasteiger partial charge is 0.416 e. The highest BCUT2D eigenvalue weighted by Crippen LogP contribution is 2.39. The highest BCUT2D eigenvalue weighted by molar-refractivity contribution is 5.90. The molecule has 0 unspecified atom stereocenters. The Morgan fingerprint density at radius 1 is 0.920 bits per heavy atom. The van der Waals surface area contributed by atoms with Crippen LogP contribution in [0.25, 0.3) is 0 Å². The van der Waals surface area contributed by atoms with Crippen LogP contribution in [-0.4, -0.2) is 5.97 Å². The van der Waals surface area contributed by atoms with Gasteiger partial charge in [-0.25, -0.2) is 4.79 Å². The summed E-state index contributed by atoms with van der Waals surface area (Å²) < 4.78 is 82.8. The van der Waals surface area contributed by atoms with Crippen LogP contribution in [0.4, 0.5) is 26.3 Å². The van der Waals surface area contributed by atoms with Gasteiger partial charge < -0.3 is 4.74 Å². The number of carbonyl (C=O) groups excluding carboxylic acids is 1. The second-order valence-corrected chi connectivity index (χ2v) is 5.25. The Morgan fingerprint density at radius 2 is 1.40 bits per heavy atom. The van der Waals surface area contributed by atoms with Crippen molar-refractivity contribution >= 4 is 5.97 Å². The molecule has 8 heteroatoms. The van der Waals surface area contributed by atoms with Gasteiger partial charge in [-0.2, -0.15) is 26.3 Å². The number of alkyl halides is 6. The predicted octanol–water partition coefficient (Wildman–Crippen LogP) is 5.39. The summed E-state index contributed by atoms with van der Waals surface area (Å²) in [5.41, 5.74) is -4.28. The van der Waals surface area contributed by atoms with Gasteiger partial charge in [-0.3, -0.25) is 0 Å². The first-order valence-electron chi connectivity index (χ1n) is 7.00. The quantitative estimate of drug-likeness (QED) is 0.541. The van der Waals surface area contributed by atoms with Gasteiger partial charge in [0, 0.05) is 0 Å². The van der Waals surface area contributed by atoms with Crippen LogP contribution >= 0.6 is 0 Å². The SMILES string of the molecule is Cc1c(C(F)(F)F)cc(C(=O)OCc2ccccc2)cc1C(F)(F)F. The number of hydrogen-bond acceptors (Lipinski definition) is 2. The van der Waals surface area contributed by atoms with Crippen LogP contribution in [0, 0.1) is 6.92 Å². The highest BCUT2D eigenvalue weighted by Gasteiger charge is 2.40. The maximum absolute atomic E-state index is 13.0. The Hall–Kier alpha value is -2.51. The normalized spacial score (nSPS) is 12.1. The molecule has 0 aliphatic rings. The van der Waals surface area contributed by atoms with Gasteiger partial charge >= 0.3 is 18.3 Å². The molecule has 0 saturated heterocycles. The van der Waals surface area contributed by atoms with Crippen LogP contribution in [0.15, 0.2) is 42.5 Å². The second-order valence-electron chi connectivity index (χ2n) is 5.25. The molecule has 2 aromatic carbocycles. The van der Waals surface area contributed by atoms with Gasteiger partial charge in [0.1, 0.15) is 6.61 Å². The Bertz CT molecular complexity index is 728. The van der Waals surface area contributed by atoms with Crippen molar-refractivity contribution in [3.8, 4) is 0 Å². The van der Waals surface area contributed by atoms with Crippen molar-refractivity contribution in [2.75, 3.05) is 0 Å². The van der Waals surface area contributed by atoms with E-state index in [0.29, 0.717) is 24.6 Å². The maximum atomic E-state index is 13.0. The molecule has 2 rings (SSSR count). The lowest BCUT2D eigenvalue weighted by Crippen LogP contribution is -2.17. The van der Waals surface area contributed by atoms with Crippen LogP contribution in [0.5, 0.6) is 0 Å². The first-order chi connectivity index (χ1) is 11.5. The Morgan fingerprint density at radius 3 is 1.84 bits per heavy atom. The fraction of sp³-hybridized carbons (Fsp3) is 0.235. The number of benzene rings is 2. The molecule has 0 fully saturated rings. The van der Waals surface area contributed by atoms with Crippen molar-refractivity contribution in [2.24, 2.45) is 0 Å². The molecule has 0 spiro atoms. The lowest BCUT2D eigenvalue weighted by molar-refractivity contribution is -0.144. The third-order valence-electron chi connectivity index (χ3n) is 3.47. The number of ether oxygens (including phenoxy) is 1. The molecule has 0 heterocycles. The average molecular weight is 362 g/mol. The summed E-state index contributed by atoms with van der Waals surface area (Å²) in [5, 5.41) is 0. The van der Waals surface area contributed by atoms with Gasteiger partial charge in [0.05, 0.1) is 16.7 Å². The fourth-order valence-corrected chi connectivity index (χ4v) is 2.23. The first kappa shape index (κ1) is 18.8. The molecular weight excluding hydrogens is 350 g/mol. The average Bonchev–Trinajstić information content (AvgIpc) is 2.51. The highest BCUT2D eigenvalue weighted by atomic mass is 19.4. The molecule has 0 bridgehead atoms. The molecule has 0 aromatic heterocycles. The minimum absolute atomic E-state index is 0.268. The molecule has 0 amide bonds. The molecule has 0 atom stereocenters. The molecule has 0 radical (unpaired) electrons. The maximum Gasteiger partial charge on any atom is 0.416 e. The minimum atomic E-state index is -5.03. The zero-order valence-electron chi connectivity index (χ0n) is 12.8. The third kappa shape index (κ3) is 4.52. The molecule has 0 saturated carbocycles. The van der Waals surface area contributed by atoms with Crippen molar-refractivity contribution in [1.82, 2.24) is 0 Å². The van der Waals surface area contributed by atoms with Gasteiger partial charge in [0.2, 0.25) is 0 Å². The van der Waals surface area contributed by atoms with E-state index in [-0.39, 0.29) is 6.61 Å². The Balaban J connectivity index is 2.38. The van der Waals surface area contributed by atoms with Crippen LogP contribution in [0.2, 0.25) is 0 Å². The second kappa shape index (κ2) is 6.78. The van der Waals surface area contributed by atoms with Crippen molar-refractivity contribution in [2.45, 2.75) is 25.9 Å². The third-order valence-corrected chi connectivity index (χ3v) is 3.47. The number of halogens is 6. The molecule has 0 aliphatic carbocycles. The topological polar surface area (TPSA) is 26.3 Å². The largest absolute Gasteiger partial charge is 0.457 e. The predicted molar refractivity (Wildman–Crippen MR) is 76.7 cm³/mol. The lowest BCUT2D eigenvalue weighted by Gasteiger charge is -2.17. The van der Waals surface area contributed by atoms with E-state index in [2.05, 4.69) is 0 Å². The van der Waals surface area contributed by atoms with E-state index >= 15 is 0 Å². The van der Waals surface area contributed by atoms with E-state index in [1.165, 1.54) is 0 Å². The molecule has 134 valence electrons.